The normalized spacial score (nSPS) is 15.9. The Morgan fingerprint density at radius 2 is 1.64 bits per heavy atom. The van der Waals surface area contributed by atoms with Crippen LogP contribution in [0.15, 0.2) is 149 Å². The lowest BCUT2D eigenvalue weighted by Gasteiger charge is -2.32. The summed E-state index contributed by atoms with van der Waals surface area (Å²) >= 11 is 0. The maximum atomic E-state index is 6.26. The van der Waals surface area contributed by atoms with Gasteiger partial charge in [-0.05, 0) is 122 Å². The predicted molar refractivity (Wildman–Crippen MR) is 192 cm³/mol. The van der Waals surface area contributed by atoms with Gasteiger partial charge in [0.2, 0.25) is 0 Å². The van der Waals surface area contributed by atoms with Gasteiger partial charge in [-0.2, -0.15) is 0 Å². The van der Waals surface area contributed by atoms with Crippen molar-refractivity contribution in [2.24, 2.45) is 5.73 Å². The van der Waals surface area contributed by atoms with Crippen molar-refractivity contribution in [1.82, 2.24) is 0 Å². The highest BCUT2D eigenvalue weighted by Gasteiger charge is 2.22. The van der Waals surface area contributed by atoms with Crippen molar-refractivity contribution in [2.75, 3.05) is 4.90 Å². The van der Waals surface area contributed by atoms with E-state index in [2.05, 4.69) is 147 Å². The van der Waals surface area contributed by atoms with E-state index in [1.165, 1.54) is 61.6 Å². The van der Waals surface area contributed by atoms with Gasteiger partial charge >= 0.3 is 0 Å². The Bertz CT molecular complexity index is 1670. The van der Waals surface area contributed by atoms with E-state index in [0.29, 0.717) is 0 Å². The molecule has 0 spiro atoms. The molecule has 0 saturated heterocycles. The summed E-state index contributed by atoms with van der Waals surface area (Å²) in [6.45, 7) is 8.72. The molecule has 2 N–H and O–H groups in total. The van der Waals surface area contributed by atoms with E-state index < -0.39 is 0 Å². The highest BCUT2D eigenvalue weighted by molar-refractivity contribution is 5.91. The van der Waals surface area contributed by atoms with Gasteiger partial charge in [0.1, 0.15) is 0 Å². The number of para-hydroxylation sites is 1. The van der Waals surface area contributed by atoms with Gasteiger partial charge < -0.3 is 10.6 Å². The molecule has 0 heterocycles. The molecule has 44 heavy (non-hydrogen) atoms. The number of nitrogens with zero attached hydrogens (tertiary/aromatic N) is 1. The third-order valence-electron chi connectivity index (χ3n) is 8.31. The Labute approximate surface area is 265 Å². The Balaban J connectivity index is 1.78. The van der Waals surface area contributed by atoms with Crippen molar-refractivity contribution < 1.29 is 0 Å². The fourth-order valence-corrected chi connectivity index (χ4v) is 6.29. The van der Waals surface area contributed by atoms with Crippen LogP contribution in [0.1, 0.15) is 70.4 Å². The van der Waals surface area contributed by atoms with Crippen molar-refractivity contribution in [1.29, 1.82) is 0 Å². The number of nitrogens with two attached hydrogens (primary N) is 1. The summed E-state index contributed by atoms with van der Waals surface area (Å²) in [6, 6.07) is 26.3. The number of benzene rings is 3. The molecule has 0 radical (unpaired) electrons. The number of hydrogen-bond donors (Lipinski definition) is 1. The van der Waals surface area contributed by atoms with E-state index in [4.69, 9.17) is 5.73 Å². The first-order valence-electron chi connectivity index (χ1n) is 16.1. The standard InChI is InChI=1S/C42H46N2/c1-5-17-36(30-33(4)43)39(34-19-9-6-10-20-34)27-26-37-28-31(2)29-41(42(37)35-21-11-7-12-22-35)44(38-23-13-8-14-24-38)40-25-16-15-18-32(40)3/h6-9,11-14,16,19,21-30H,5,10,15,17-18,20,43H2,1-4H3/b27-26+,33-30+,39-36+. The zero-order valence-electron chi connectivity index (χ0n) is 26.8. The Hall–Kier alpha value is -4.56. The molecule has 2 heteroatoms. The van der Waals surface area contributed by atoms with E-state index in [9.17, 15) is 0 Å². The van der Waals surface area contributed by atoms with Crippen LogP contribution in [0.3, 0.4) is 0 Å². The third kappa shape index (κ3) is 7.32. The first-order chi connectivity index (χ1) is 21.5. The zero-order chi connectivity index (χ0) is 30.9. The highest BCUT2D eigenvalue weighted by Crippen LogP contribution is 2.43. The molecule has 5 rings (SSSR count). The van der Waals surface area contributed by atoms with Crippen LogP contribution in [0.2, 0.25) is 0 Å². The van der Waals surface area contributed by atoms with Crippen LogP contribution in [0, 0.1) is 6.92 Å². The smallest absolute Gasteiger partial charge is 0.0548 e. The molecule has 2 aliphatic rings. The van der Waals surface area contributed by atoms with Gasteiger partial charge in [0.15, 0.2) is 0 Å². The minimum absolute atomic E-state index is 0.844. The predicted octanol–water partition coefficient (Wildman–Crippen LogP) is 11.7. The number of aryl methyl sites for hydroxylation is 1. The molecule has 3 aromatic carbocycles. The lowest BCUT2D eigenvalue weighted by molar-refractivity contribution is 0.903. The highest BCUT2D eigenvalue weighted by atomic mass is 15.2. The molecule has 0 bridgehead atoms. The summed E-state index contributed by atoms with van der Waals surface area (Å²) in [4.78, 5) is 2.46. The quantitative estimate of drug-likeness (QED) is 0.242. The number of allylic oxidation sites excluding steroid dienone is 12. The SMILES string of the molecule is CCCC(/C=C(\C)N)=C(/C=C/c1cc(C)cc(N(C2=C(C)CCC=C2)c2ccccc2)c1-c1ccccc1)C1=CC=CCC1. The molecular weight excluding hydrogens is 532 g/mol. The molecule has 0 atom stereocenters. The summed E-state index contributed by atoms with van der Waals surface area (Å²) in [6.07, 6.45) is 24.5. The van der Waals surface area contributed by atoms with Crippen molar-refractivity contribution in [3.8, 4) is 11.1 Å². The third-order valence-corrected chi connectivity index (χ3v) is 8.31. The minimum atomic E-state index is 0.844. The number of rotatable bonds is 10. The monoisotopic (exact) mass is 578 g/mol. The van der Waals surface area contributed by atoms with Gasteiger partial charge in [-0.1, -0.05) is 104 Å². The second-order valence-electron chi connectivity index (χ2n) is 12.0. The fraction of sp³-hybridized carbons (Fsp3) is 0.238. The summed E-state index contributed by atoms with van der Waals surface area (Å²) in [5.74, 6) is 0. The van der Waals surface area contributed by atoms with Crippen LogP contribution in [-0.4, -0.2) is 0 Å². The van der Waals surface area contributed by atoms with Crippen LogP contribution < -0.4 is 10.6 Å². The molecule has 2 aliphatic carbocycles. The first kappa shape index (κ1) is 30.9. The second kappa shape index (κ2) is 14.8. The fourth-order valence-electron chi connectivity index (χ4n) is 6.29. The van der Waals surface area contributed by atoms with Gasteiger partial charge in [0.05, 0.1) is 5.69 Å². The molecule has 224 valence electrons. The number of hydrogen-bond acceptors (Lipinski definition) is 2. The molecule has 0 aromatic heterocycles. The maximum Gasteiger partial charge on any atom is 0.0548 e. The molecule has 0 unspecified atom stereocenters. The lowest BCUT2D eigenvalue weighted by atomic mass is 9.89. The van der Waals surface area contributed by atoms with Crippen LogP contribution in [-0.2, 0) is 0 Å². The zero-order valence-corrected chi connectivity index (χ0v) is 26.8. The van der Waals surface area contributed by atoms with E-state index >= 15 is 0 Å². The summed E-state index contributed by atoms with van der Waals surface area (Å²) in [5.41, 5.74) is 21.0. The van der Waals surface area contributed by atoms with Crippen molar-refractivity contribution >= 4 is 17.5 Å². The van der Waals surface area contributed by atoms with E-state index in [1.54, 1.807) is 0 Å². The average Bonchev–Trinajstić information content (AvgIpc) is 3.03. The second-order valence-corrected chi connectivity index (χ2v) is 12.0. The molecule has 2 nitrogen and oxygen atoms in total. The van der Waals surface area contributed by atoms with Crippen LogP contribution >= 0.6 is 0 Å². The Kier molecular flexibility index (Phi) is 10.4. The maximum absolute atomic E-state index is 6.26. The lowest BCUT2D eigenvalue weighted by Crippen LogP contribution is -2.19. The number of anilines is 2. The van der Waals surface area contributed by atoms with Gasteiger partial charge in [-0.15, -0.1) is 0 Å². The Morgan fingerprint density at radius 1 is 0.909 bits per heavy atom. The first-order valence-corrected chi connectivity index (χ1v) is 16.1. The summed E-state index contributed by atoms with van der Waals surface area (Å²) in [7, 11) is 0. The van der Waals surface area contributed by atoms with Crippen molar-refractivity contribution in [2.45, 2.75) is 66.2 Å². The largest absolute Gasteiger partial charge is 0.402 e. The molecule has 0 aliphatic heterocycles. The molecule has 0 amide bonds. The van der Waals surface area contributed by atoms with Crippen molar-refractivity contribution in [3.63, 3.8) is 0 Å². The van der Waals surface area contributed by atoms with Gasteiger partial charge in [0, 0.05) is 22.6 Å². The summed E-state index contributed by atoms with van der Waals surface area (Å²) in [5, 5.41) is 0. The van der Waals surface area contributed by atoms with Crippen LogP contribution in [0.25, 0.3) is 17.2 Å². The van der Waals surface area contributed by atoms with Gasteiger partial charge in [0.25, 0.3) is 0 Å². The van der Waals surface area contributed by atoms with Gasteiger partial charge in [-0.25, -0.2) is 0 Å². The summed E-state index contributed by atoms with van der Waals surface area (Å²) < 4.78 is 0. The molecular formula is C42H46N2. The van der Waals surface area contributed by atoms with Crippen LogP contribution in [0.4, 0.5) is 11.4 Å². The van der Waals surface area contributed by atoms with E-state index in [1.807, 2.05) is 6.92 Å². The molecule has 0 saturated carbocycles. The average molecular weight is 579 g/mol. The topological polar surface area (TPSA) is 29.3 Å². The van der Waals surface area contributed by atoms with E-state index in [-0.39, 0.29) is 0 Å². The van der Waals surface area contributed by atoms with Crippen LogP contribution in [0.5, 0.6) is 0 Å². The minimum Gasteiger partial charge on any atom is -0.402 e. The van der Waals surface area contributed by atoms with Crippen molar-refractivity contribution in [3.05, 3.63) is 160 Å². The molecule has 0 fully saturated rings. The Morgan fingerprint density at radius 3 is 2.30 bits per heavy atom. The molecule has 3 aromatic rings. The van der Waals surface area contributed by atoms with E-state index in [0.717, 1.165) is 44.2 Å². The van der Waals surface area contributed by atoms with Gasteiger partial charge in [-0.3, -0.25) is 0 Å².